The number of ether oxygens (including phenoxy) is 1. The van der Waals surface area contributed by atoms with Crippen molar-refractivity contribution in [3.63, 3.8) is 0 Å². The van der Waals surface area contributed by atoms with E-state index in [0.717, 1.165) is 16.1 Å². The molecule has 0 saturated carbocycles. The Labute approximate surface area is 181 Å². The van der Waals surface area contributed by atoms with Gasteiger partial charge in [-0.3, -0.25) is 9.10 Å². The second-order valence-electron chi connectivity index (χ2n) is 7.10. The Kier molecular flexibility index (Phi) is 6.31. The fourth-order valence-electron chi connectivity index (χ4n) is 3.13. The molecule has 6 nitrogen and oxygen atoms in total. The quantitative estimate of drug-likeness (QED) is 0.612. The summed E-state index contributed by atoms with van der Waals surface area (Å²) in [5.41, 5.74) is 2.37. The van der Waals surface area contributed by atoms with Crippen LogP contribution in [0.5, 0.6) is 5.75 Å². The van der Waals surface area contributed by atoms with Crippen molar-refractivity contribution in [1.82, 2.24) is 0 Å². The Morgan fingerprint density at radius 2 is 1.77 bits per heavy atom. The topological polar surface area (TPSA) is 75.7 Å². The molecule has 0 heterocycles. The number of para-hydroxylation sites is 1. The molecular formula is C23H23FN2O4S. The van der Waals surface area contributed by atoms with Crippen LogP contribution in [0, 0.1) is 12.7 Å². The molecule has 8 heteroatoms. The number of anilines is 2. The first-order valence-corrected chi connectivity index (χ1v) is 11.3. The predicted molar refractivity (Wildman–Crippen MR) is 121 cm³/mol. The maximum Gasteiger partial charge on any atom is 0.259 e. The van der Waals surface area contributed by atoms with Gasteiger partial charge >= 0.3 is 0 Å². The molecule has 3 aromatic carbocycles. The molecule has 0 aliphatic rings. The molecular weight excluding hydrogens is 419 g/mol. The van der Waals surface area contributed by atoms with Gasteiger partial charge in [-0.25, -0.2) is 12.8 Å². The molecule has 3 rings (SSSR count). The molecule has 1 N–H and O–H groups in total. The molecule has 1 amide bonds. The first-order chi connectivity index (χ1) is 14.6. The number of benzene rings is 3. The van der Waals surface area contributed by atoms with Gasteiger partial charge in [0, 0.05) is 12.6 Å². The van der Waals surface area contributed by atoms with Gasteiger partial charge in [-0.2, -0.15) is 0 Å². The minimum absolute atomic E-state index is 0.223. The van der Waals surface area contributed by atoms with Crippen molar-refractivity contribution in [2.24, 2.45) is 0 Å². The van der Waals surface area contributed by atoms with E-state index in [1.54, 1.807) is 55.5 Å². The van der Waals surface area contributed by atoms with E-state index in [0.29, 0.717) is 16.9 Å². The van der Waals surface area contributed by atoms with E-state index in [4.69, 9.17) is 4.74 Å². The van der Waals surface area contributed by atoms with Crippen molar-refractivity contribution in [2.45, 2.75) is 6.92 Å². The fraction of sp³-hybridized carbons (Fsp3) is 0.174. The van der Waals surface area contributed by atoms with Gasteiger partial charge in [0.05, 0.1) is 30.3 Å². The van der Waals surface area contributed by atoms with Gasteiger partial charge in [0.2, 0.25) is 10.0 Å². The Morgan fingerprint density at radius 3 is 2.42 bits per heavy atom. The number of rotatable bonds is 6. The van der Waals surface area contributed by atoms with Crippen molar-refractivity contribution in [1.29, 1.82) is 0 Å². The minimum atomic E-state index is -3.60. The highest BCUT2D eigenvalue weighted by Gasteiger charge is 2.20. The molecule has 0 aliphatic carbocycles. The third-order valence-corrected chi connectivity index (χ3v) is 6.06. The highest BCUT2D eigenvalue weighted by Crippen LogP contribution is 2.34. The summed E-state index contributed by atoms with van der Waals surface area (Å²) in [4.78, 5) is 12.9. The number of nitrogens with zero attached hydrogens (tertiary/aromatic N) is 1. The summed E-state index contributed by atoms with van der Waals surface area (Å²) < 4.78 is 45.1. The van der Waals surface area contributed by atoms with E-state index in [-0.39, 0.29) is 16.9 Å². The third-order valence-electron chi connectivity index (χ3n) is 4.87. The summed E-state index contributed by atoms with van der Waals surface area (Å²) in [6.45, 7) is 1.79. The SMILES string of the molecule is COc1ccccc1C(=O)Nc1cc(-c2ccc(C)cc2F)ccc1N(C)S(C)(=O)=O. The van der Waals surface area contributed by atoms with Crippen molar-refractivity contribution in [2.75, 3.05) is 30.0 Å². The lowest BCUT2D eigenvalue weighted by Gasteiger charge is -2.22. The summed E-state index contributed by atoms with van der Waals surface area (Å²) in [5.74, 6) is -0.521. The number of halogens is 1. The zero-order valence-corrected chi connectivity index (χ0v) is 18.5. The monoisotopic (exact) mass is 442 g/mol. The van der Waals surface area contributed by atoms with Gasteiger partial charge in [-0.15, -0.1) is 0 Å². The van der Waals surface area contributed by atoms with Gasteiger partial charge in [-0.05, 0) is 48.4 Å². The molecule has 0 saturated heterocycles. The second-order valence-corrected chi connectivity index (χ2v) is 9.11. The largest absolute Gasteiger partial charge is 0.496 e. The number of aryl methyl sites for hydroxylation is 1. The van der Waals surface area contributed by atoms with E-state index in [1.165, 1.54) is 26.3 Å². The zero-order chi connectivity index (χ0) is 22.8. The normalized spacial score (nSPS) is 11.1. The Balaban J connectivity index is 2.11. The van der Waals surface area contributed by atoms with Gasteiger partial charge in [0.25, 0.3) is 5.91 Å². The van der Waals surface area contributed by atoms with Crippen molar-refractivity contribution in [3.05, 3.63) is 77.6 Å². The molecule has 0 bridgehead atoms. The number of sulfonamides is 1. The summed E-state index contributed by atoms with van der Waals surface area (Å²) in [7, 11) is -0.761. The van der Waals surface area contributed by atoms with E-state index in [9.17, 15) is 17.6 Å². The van der Waals surface area contributed by atoms with Crippen LogP contribution in [0.4, 0.5) is 15.8 Å². The number of hydrogen-bond donors (Lipinski definition) is 1. The molecule has 3 aromatic rings. The highest BCUT2D eigenvalue weighted by atomic mass is 32.2. The molecule has 31 heavy (non-hydrogen) atoms. The highest BCUT2D eigenvalue weighted by molar-refractivity contribution is 7.92. The molecule has 162 valence electrons. The molecule has 0 aliphatic heterocycles. The Bertz CT molecular complexity index is 1240. The second kappa shape index (κ2) is 8.77. The number of carbonyl (C=O) groups is 1. The number of nitrogens with one attached hydrogen (secondary N) is 1. The lowest BCUT2D eigenvalue weighted by molar-refractivity contribution is 0.102. The van der Waals surface area contributed by atoms with Crippen LogP contribution in [0.15, 0.2) is 60.7 Å². The van der Waals surface area contributed by atoms with Crippen molar-refractivity contribution < 1.29 is 22.3 Å². The third kappa shape index (κ3) is 4.86. The van der Waals surface area contributed by atoms with Gasteiger partial charge in [0.15, 0.2) is 0 Å². The lowest BCUT2D eigenvalue weighted by atomic mass is 10.0. The minimum Gasteiger partial charge on any atom is -0.496 e. The van der Waals surface area contributed by atoms with Crippen LogP contribution in [0.2, 0.25) is 0 Å². The summed E-state index contributed by atoms with van der Waals surface area (Å²) >= 11 is 0. The average Bonchev–Trinajstić information content (AvgIpc) is 2.72. The summed E-state index contributed by atoms with van der Waals surface area (Å²) in [5, 5.41) is 2.75. The van der Waals surface area contributed by atoms with E-state index < -0.39 is 21.7 Å². The van der Waals surface area contributed by atoms with Crippen LogP contribution in [0.25, 0.3) is 11.1 Å². The lowest BCUT2D eigenvalue weighted by Crippen LogP contribution is -2.26. The molecule has 0 aromatic heterocycles. The van der Waals surface area contributed by atoms with Crippen LogP contribution in [0.3, 0.4) is 0 Å². The molecule has 0 fully saturated rings. The van der Waals surface area contributed by atoms with E-state index in [2.05, 4.69) is 5.32 Å². The standard InChI is InChI=1S/C23H23FN2O4S/c1-15-9-11-17(19(24)13-15)16-10-12-21(26(2)31(4,28)29)20(14-16)25-23(27)18-7-5-6-8-22(18)30-3/h5-14H,1-4H3,(H,25,27). The number of amides is 1. The van der Waals surface area contributed by atoms with Crippen LogP contribution >= 0.6 is 0 Å². The van der Waals surface area contributed by atoms with Crippen LogP contribution in [-0.2, 0) is 10.0 Å². The first kappa shape index (κ1) is 22.3. The van der Waals surface area contributed by atoms with Crippen molar-refractivity contribution >= 4 is 27.3 Å². The molecule has 0 unspecified atom stereocenters. The molecule has 0 spiro atoms. The van der Waals surface area contributed by atoms with Crippen LogP contribution in [0.1, 0.15) is 15.9 Å². The van der Waals surface area contributed by atoms with E-state index in [1.807, 2.05) is 0 Å². The Hall–Kier alpha value is -3.39. The first-order valence-electron chi connectivity index (χ1n) is 9.40. The fourth-order valence-corrected chi connectivity index (χ4v) is 3.65. The van der Waals surface area contributed by atoms with Crippen LogP contribution in [-0.4, -0.2) is 34.7 Å². The maximum atomic E-state index is 14.5. The maximum absolute atomic E-state index is 14.5. The average molecular weight is 443 g/mol. The molecule has 0 atom stereocenters. The number of hydrogen-bond acceptors (Lipinski definition) is 4. The van der Waals surface area contributed by atoms with Gasteiger partial charge in [0.1, 0.15) is 11.6 Å². The zero-order valence-electron chi connectivity index (χ0n) is 17.6. The van der Waals surface area contributed by atoms with Crippen LogP contribution < -0.4 is 14.4 Å². The Morgan fingerprint density at radius 1 is 1.06 bits per heavy atom. The molecule has 0 radical (unpaired) electrons. The van der Waals surface area contributed by atoms with E-state index >= 15 is 0 Å². The number of methoxy groups -OCH3 is 1. The van der Waals surface area contributed by atoms with Gasteiger partial charge in [-0.1, -0.05) is 30.3 Å². The van der Waals surface area contributed by atoms with Gasteiger partial charge < -0.3 is 10.1 Å². The number of carbonyl (C=O) groups excluding carboxylic acids is 1. The summed E-state index contributed by atoms with van der Waals surface area (Å²) in [6.07, 6.45) is 1.06. The van der Waals surface area contributed by atoms with Crippen molar-refractivity contribution in [3.8, 4) is 16.9 Å². The predicted octanol–water partition coefficient (Wildman–Crippen LogP) is 4.46. The summed E-state index contributed by atoms with van der Waals surface area (Å²) in [6, 6.07) is 16.2. The smallest absolute Gasteiger partial charge is 0.259 e.